The molecule has 1 heterocycles. The summed E-state index contributed by atoms with van der Waals surface area (Å²) in [6.45, 7) is 6.45. The number of hydrogen-bond donors (Lipinski definition) is 2. The minimum atomic E-state index is 0.548. The molecule has 0 atom stereocenters. The summed E-state index contributed by atoms with van der Waals surface area (Å²) in [6, 6.07) is 6.27. The molecule has 3 nitrogen and oxygen atoms in total. The summed E-state index contributed by atoms with van der Waals surface area (Å²) in [5, 5.41) is 7.21. The molecule has 3 N–H and O–H groups in total. The second kappa shape index (κ2) is 5.14. The van der Waals surface area contributed by atoms with Gasteiger partial charge in [0, 0.05) is 15.6 Å². The number of aryl methyl sites for hydroxylation is 1. The number of nitrogens with zero attached hydrogens (tertiary/aromatic N) is 1. The van der Waals surface area contributed by atoms with Crippen LogP contribution in [-0.2, 0) is 6.42 Å². The van der Waals surface area contributed by atoms with Gasteiger partial charge in [-0.05, 0) is 31.4 Å². The molecule has 0 saturated heterocycles. The summed E-state index contributed by atoms with van der Waals surface area (Å²) in [5.74, 6) is 1.15. The van der Waals surface area contributed by atoms with E-state index in [1.54, 1.807) is 0 Å². The Bertz CT molecular complexity index is 558. The maximum absolute atomic E-state index is 5.96. The first-order chi connectivity index (χ1) is 8.49. The number of aromatic nitrogens is 2. The van der Waals surface area contributed by atoms with E-state index >= 15 is 0 Å². The fourth-order valence-corrected chi connectivity index (χ4v) is 2.49. The van der Waals surface area contributed by atoms with Crippen LogP contribution in [0.25, 0.3) is 11.3 Å². The van der Waals surface area contributed by atoms with E-state index in [0.29, 0.717) is 11.7 Å². The Morgan fingerprint density at radius 3 is 2.78 bits per heavy atom. The monoisotopic (exact) mass is 307 g/mol. The third-order valence-electron chi connectivity index (χ3n) is 2.90. The Balaban J connectivity index is 2.53. The highest BCUT2D eigenvalue weighted by Crippen LogP contribution is 2.33. The average Bonchev–Trinajstić information content (AvgIpc) is 2.64. The molecule has 4 heteroatoms. The Kier molecular flexibility index (Phi) is 3.76. The highest BCUT2D eigenvalue weighted by Gasteiger charge is 2.15. The maximum Gasteiger partial charge on any atom is 0.149 e. The van der Waals surface area contributed by atoms with E-state index in [1.165, 1.54) is 5.56 Å². The minimum absolute atomic E-state index is 0.548. The zero-order chi connectivity index (χ0) is 13.3. The van der Waals surface area contributed by atoms with Gasteiger partial charge in [-0.25, -0.2) is 0 Å². The smallest absolute Gasteiger partial charge is 0.149 e. The highest BCUT2D eigenvalue weighted by molar-refractivity contribution is 9.10. The van der Waals surface area contributed by atoms with Gasteiger partial charge in [0.15, 0.2) is 0 Å². The van der Waals surface area contributed by atoms with Crippen molar-refractivity contribution in [1.82, 2.24) is 10.2 Å². The van der Waals surface area contributed by atoms with Gasteiger partial charge in [-0.2, -0.15) is 5.10 Å². The topological polar surface area (TPSA) is 54.7 Å². The van der Waals surface area contributed by atoms with Crippen LogP contribution in [0.15, 0.2) is 22.7 Å². The van der Waals surface area contributed by atoms with Crippen LogP contribution in [-0.4, -0.2) is 10.2 Å². The lowest BCUT2D eigenvalue weighted by molar-refractivity contribution is 0.649. The van der Waals surface area contributed by atoms with E-state index in [0.717, 1.165) is 27.7 Å². The molecular weight excluding hydrogens is 290 g/mol. The average molecular weight is 308 g/mol. The number of anilines is 1. The zero-order valence-corrected chi connectivity index (χ0v) is 12.5. The first-order valence-corrected chi connectivity index (χ1v) is 6.87. The van der Waals surface area contributed by atoms with Crippen LogP contribution in [0.1, 0.15) is 25.0 Å². The molecule has 0 unspecified atom stereocenters. The van der Waals surface area contributed by atoms with Crippen LogP contribution in [0.4, 0.5) is 5.82 Å². The van der Waals surface area contributed by atoms with Gasteiger partial charge < -0.3 is 5.73 Å². The van der Waals surface area contributed by atoms with E-state index in [2.05, 4.69) is 65.1 Å². The fourth-order valence-electron chi connectivity index (χ4n) is 2.05. The molecule has 96 valence electrons. The number of halogens is 1. The van der Waals surface area contributed by atoms with E-state index in [-0.39, 0.29) is 0 Å². The largest absolute Gasteiger partial charge is 0.382 e. The van der Waals surface area contributed by atoms with Gasteiger partial charge in [-0.15, -0.1) is 0 Å². The second-order valence-electron chi connectivity index (χ2n) is 5.04. The first kappa shape index (κ1) is 13.1. The van der Waals surface area contributed by atoms with Crippen molar-refractivity contribution in [1.29, 1.82) is 0 Å². The van der Waals surface area contributed by atoms with Gasteiger partial charge in [0.2, 0.25) is 0 Å². The summed E-state index contributed by atoms with van der Waals surface area (Å²) in [5.41, 5.74) is 10.4. The Morgan fingerprint density at radius 1 is 1.39 bits per heavy atom. The summed E-state index contributed by atoms with van der Waals surface area (Å²) >= 11 is 3.59. The Labute approximate surface area is 116 Å². The van der Waals surface area contributed by atoms with Crippen molar-refractivity contribution in [2.75, 3.05) is 5.73 Å². The van der Waals surface area contributed by atoms with Crippen molar-refractivity contribution in [2.24, 2.45) is 5.92 Å². The highest BCUT2D eigenvalue weighted by atomic mass is 79.9. The predicted molar refractivity (Wildman–Crippen MR) is 79.4 cm³/mol. The second-order valence-corrected chi connectivity index (χ2v) is 5.90. The molecule has 0 radical (unpaired) electrons. The van der Waals surface area contributed by atoms with Crippen LogP contribution in [0.3, 0.4) is 0 Å². The number of rotatable bonds is 3. The Morgan fingerprint density at radius 2 is 2.11 bits per heavy atom. The molecule has 0 spiro atoms. The zero-order valence-electron chi connectivity index (χ0n) is 10.9. The molecule has 0 bridgehead atoms. The molecule has 0 fully saturated rings. The minimum Gasteiger partial charge on any atom is -0.382 e. The van der Waals surface area contributed by atoms with Gasteiger partial charge in [0.25, 0.3) is 0 Å². The number of nitrogen functional groups attached to an aromatic ring is 1. The van der Waals surface area contributed by atoms with E-state index in [4.69, 9.17) is 5.73 Å². The lowest BCUT2D eigenvalue weighted by Crippen LogP contribution is -1.99. The standard InChI is InChI=1S/C14H18BrN3/c1-8(2)6-11-13(17-18-14(11)16)10-7-9(3)4-5-12(10)15/h4-5,7-8H,6H2,1-3H3,(H3,16,17,18). The lowest BCUT2D eigenvalue weighted by Gasteiger charge is -2.09. The fraction of sp³-hybridized carbons (Fsp3) is 0.357. The number of hydrogen-bond acceptors (Lipinski definition) is 2. The number of nitrogens with one attached hydrogen (secondary N) is 1. The number of nitrogens with two attached hydrogens (primary N) is 1. The third-order valence-corrected chi connectivity index (χ3v) is 3.59. The van der Waals surface area contributed by atoms with Gasteiger partial charge in [0.05, 0.1) is 5.69 Å². The van der Waals surface area contributed by atoms with Crippen LogP contribution < -0.4 is 5.73 Å². The number of aromatic amines is 1. The summed E-state index contributed by atoms with van der Waals surface area (Å²) in [6.07, 6.45) is 0.929. The molecule has 0 aliphatic carbocycles. The molecule has 2 aromatic rings. The van der Waals surface area contributed by atoms with Crippen molar-refractivity contribution < 1.29 is 0 Å². The Hall–Kier alpha value is -1.29. The van der Waals surface area contributed by atoms with E-state index in [1.807, 2.05) is 0 Å². The third kappa shape index (κ3) is 2.58. The van der Waals surface area contributed by atoms with Crippen molar-refractivity contribution in [3.63, 3.8) is 0 Å². The van der Waals surface area contributed by atoms with Crippen molar-refractivity contribution in [3.8, 4) is 11.3 Å². The van der Waals surface area contributed by atoms with Gasteiger partial charge in [-0.1, -0.05) is 41.4 Å². The number of H-pyrrole nitrogens is 1. The van der Waals surface area contributed by atoms with Crippen molar-refractivity contribution in [2.45, 2.75) is 27.2 Å². The van der Waals surface area contributed by atoms with E-state index < -0.39 is 0 Å². The van der Waals surface area contributed by atoms with Crippen LogP contribution in [0.5, 0.6) is 0 Å². The molecule has 2 rings (SSSR count). The maximum atomic E-state index is 5.96. The van der Waals surface area contributed by atoms with Crippen LogP contribution in [0.2, 0.25) is 0 Å². The quantitative estimate of drug-likeness (QED) is 0.902. The predicted octanol–water partition coefficient (Wildman–Crippen LogP) is 3.93. The molecule has 1 aromatic carbocycles. The van der Waals surface area contributed by atoms with E-state index in [9.17, 15) is 0 Å². The van der Waals surface area contributed by atoms with Crippen molar-refractivity contribution >= 4 is 21.7 Å². The lowest BCUT2D eigenvalue weighted by atomic mass is 9.98. The normalized spacial score (nSPS) is 11.2. The van der Waals surface area contributed by atoms with Gasteiger partial charge in [-0.3, -0.25) is 5.10 Å². The van der Waals surface area contributed by atoms with Gasteiger partial charge in [0.1, 0.15) is 5.82 Å². The molecule has 0 amide bonds. The summed E-state index contributed by atoms with van der Waals surface area (Å²) < 4.78 is 1.06. The van der Waals surface area contributed by atoms with Crippen LogP contribution >= 0.6 is 15.9 Å². The summed E-state index contributed by atoms with van der Waals surface area (Å²) in [7, 11) is 0. The number of benzene rings is 1. The van der Waals surface area contributed by atoms with Crippen molar-refractivity contribution in [3.05, 3.63) is 33.8 Å². The molecule has 0 saturated carbocycles. The molecular formula is C14H18BrN3. The molecule has 0 aliphatic heterocycles. The molecule has 0 aliphatic rings. The summed E-state index contributed by atoms with van der Waals surface area (Å²) in [4.78, 5) is 0. The van der Waals surface area contributed by atoms with Crippen LogP contribution in [0, 0.1) is 12.8 Å². The molecule has 18 heavy (non-hydrogen) atoms. The van der Waals surface area contributed by atoms with Gasteiger partial charge >= 0.3 is 0 Å². The SMILES string of the molecule is Cc1ccc(Br)c(-c2[nH]nc(N)c2CC(C)C)c1. The molecule has 1 aromatic heterocycles. The first-order valence-electron chi connectivity index (χ1n) is 6.08.